The number of aryl methyl sites for hydroxylation is 1. The molecular formula is C6H11KN4. The van der Waals surface area contributed by atoms with Crippen molar-refractivity contribution in [2.24, 2.45) is 12.8 Å². The molecule has 56 valence electrons. The van der Waals surface area contributed by atoms with Gasteiger partial charge in [0.05, 0.1) is 5.69 Å². The summed E-state index contributed by atoms with van der Waals surface area (Å²) >= 11 is 0. The molecule has 1 aromatic rings. The predicted molar refractivity (Wildman–Crippen MR) is 40.0 cm³/mol. The molecular weight excluding hydrogens is 167 g/mol. The molecule has 2 N–H and O–H groups in total. The summed E-state index contributed by atoms with van der Waals surface area (Å²) in [4.78, 5) is 4.05. The summed E-state index contributed by atoms with van der Waals surface area (Å²) in [5.41, 5.74) is 6.26. The molecule has 1 heterocycles. The summed E-state index contributed by atoms with van der Waals surface area (Å²) in [6, 6.07) is 0. The third-order valence-electron chi connectivity index (χ3n) is 1.38. The van der Waals surface area contributed by atoms with E-state index in [1.807, 2.05) is 11.6 Å². The van der Waals surface area contributed by atoms with Crippen molar-refractivity contribution in [3.8, 4) is 0 Å². The Hall–Kier alpha value is 0.606. The zero-order chi connectivity index (χ0) is 7.56. The van der Waals surface area contributed by atoms with Gasteiger partial charge in [-0.25, -0.2) is 0 Å². The van der Waals surface area contributed by atoms with Crippen LogP contribution in [0.4, 0.5) is 5.82 Å². The largest absolute Gasteiger partial charge is 1.00 e. The normalized spacial score (nSPS) is 9.00. The molecule has 0 aliphatic heterocycles. The van der Waals surface area contributed by atoms with Crippen LogP contribution in [0.25, 0.3) is 5.32 Å². The first kappa shape index (κ1) is 11.6. The second kappa shape index (κ2) is 5.29. The first-order valence-electron chi connectivity index (χ1n) is 3.09. The Bertz CT molecular complexity index is 220. The van der Waals surface area contributed by atoms with Crippen molar-refractivity contribution < 1.29 is 51.4 Å². The standard InChI is InChI=1S/C6H11N4.K/c1-8-6-5(3-7)9-4-10(6)2;/h4H,3,7H2,1-2H3;/q-1;+1. The van der Waals surface area contributed by atoms with E-state index < -0.39 is 0 Å². The van der Waals surface area contributed by atoms with Gasteiger partial charge in [-0.1, -0.05) is 14.1 Å². The summed E-state index contributed by atoms with van der Waals surface area (Å²) in [6.45, 7) is 0.452. The number of nitrogens with zero attached hydrogens (tertiary/aromatic N) is 3. The van der Waals surface area contributed by atoms with Gasteiger partial charge in [0.2, 0.25) is 0 Å². The third kappa shape index (κ3) is 2.53. The second-order valence-electron chi connectivity index (χ2n) is 2.05. The fraction of sp³-hybridized carbons (Fsp3) is 0.500. The van der Waals surface area contributed by atoms with Crippen LogP contribution in [0.1, 0.15) is 5.69 Å². The fourth-order valence-electron chi connectivity index (χ4n) is 0.903. The maximum absolute atomic E-state index is 5.40. The van der Waals surface area contributed by atoms with Crippen LogP contribution in [-0.4, -0.2) is 16.6 Å². The number of nitrogens with two attached hydrogens (primary N) is 1. The van der Waals surface area contributed by atoms with Gasteiger partial charge in [-0.05, 0) is 5.82 Å². The van der Waals surface area contributed by atoms with E-state index in [1.165, 1.54) is 0 Å². The van der Waals surface area contributed by atoms with Gasteiger partial charge in [0, 0.05) is 12.9 Å². The quantitative estimate of drug-likeness (QED) is 0.510. The van der Waals surface area contributed by atoms with Gasteiger partial charge >= 0.3 is 51.4 Å². The zero-order valence-corrected chi connectivity index (χ0v) is 10.3. The van der Waals surface area contributed by atoms with E-state index in [4.69, 9.17) is 5.73 Å². The Morgan fingerprint density at radius 3 is 2.73 bits per heavy atom. The van der Waals surface area contributed by atoms with Gasteiger partial charge in [-0.15, -0.1) is 0 Å². The van der Waals surface area contributed by atoms with Crippen molar-refractivity contribution in [2.45, 2.75) is 6.54 Å². The van der Waals surface area contributed by atoms with E-state index in [1.54, 1.807) is 13.4 Å². The molecule has 11 heavy (non-hydrogen) atoms. The minimum Gasteiger partial charge on any atom is -0.467 e. The Morgan fingerprint density at radius 1 is 1.73 bits per heavy atom. The molecule has 4 nitrogen and oxygen atoms in total. The number of imidazole rings is 1. The molecule has 0 unspecified atom stereocenters. The van der Waals surface area contributed by atoms with Crippen LogP contribution in [0.5, 0.6) is 0 Å². The summed E-state index contributed by atoms with van der Waals surface area (Å²) in [6.07, 6.45) is 1.71. The molecule has 0 aliphatic carbocycles. The van der Waals surface area contributed by atoms with Crippen LogP contribution in [0.2, 0.25) is 0 Å². The number of hydrogen-bond acceptors (Lipinski definition) is 2. The zero-order valence-electron chi connectivity index (χ0n) is 7.20. The minimum absolute atomic E-state index is 0. The SMILES string of the molecule is C[N-]c1c(CN)ncn1C.[K+]. The average molecular weight is 178 g/mol. The maximum atomic E-state index is 5.40. The molecule has 0 saturated heterocycles. The number of hydrogen-bond donors (Lipinski definition) is 1. The van der Waals surface area contributed by atoms with Crippen LogP contribution in [0.3, 0.4) is 0 Å². The molecule has 1 rings (SSSR count). The molecule has 0 radical (unpaired) electrons. The van der Waals surface area contributed by atoms with E-state index in [-0.39, 0.29) is 51.4 Å². The van der Waals surface area contributed by atoms with E-state index in [0.29, 0.717) is 6.54 Å². The van der Waals surface area contributed by atoms with E-state index in [9.17, 15) is 0 Å². The summed E-state index contributed by atoms with van der Waals surface area (Å²) in [7, 11) is 3.63. The molecule has 0 fully saturated rings. The second-order valence-corrected chi connectivity index (χ2v) is 2.05. The van der Waals surface area contributed by atoms with Crippen LogP contribution in [0, 0.1) is 0 Å². The molecule has 0 saturated carbocycles. The topological polar surface area (TPSA) is 57.9 Å². The van der Waals surface area contributed by atoms with Crippen LogP contribution >= 0.6 is 0 Å². The number of rotatable bonds is 2. The van der Waals surface area contributed by atoms with Crippen molar-refractivity contribution in [3.63, 3.8) is 0 Å². The summed E-state index contributed by atoms with van der Waals surface area (Å²) in [5.74, 6) is 0.863. The summed E-state index contributed by atoms with van der Waals surface area (Å²) < 4.78 is 1.85. The monoisotopic (exact) mass is 178 g/mol. The Balaban J connectivity index is 0.000001000. The van der Waals surface area contributed by atoms with Gasteiger partial charge in [-0.3, -0.25) is 4.98 Å². The minimum atomic E-state index is 0. The average Bonchev–Trinajstić information content (AvgIpc) is 2.30. The van der Waals surface area contributed by atoms with Crippen molar-refractivity contribution in [1.82, 2.24) is 9.55 Å². The van der Waals surface area contributed by atoms with Crippen LogP contribution in [0.15, 0.2) is 6.33 Å². The van der Waals surface area contributed by atoms with E-state index >= 15 is 0 Å². The van der Waals surface area contributed by atoms with Crippen molar-refractivity contribution in [2.75, 3.05) is 7.05 Å². The molecule has 0 amide bonds. The van der Waals surface area contributed by atoms with Gasteiger partial charge in [-0.2, -0.15) is 0 Å². The number of aromatic nitrogens is 2. The van der Waals surface area contributed by atoms with Crippen molar-refractivity contribution >= 4 is 5.82 Å². The van der Waals surface area contributed by atoms with Crippen molar-refractivity contribution in [1.29, 1.82) is 0 Å². The smallest absolute Gasteiger partial charge is 0.467 e. The van der Waals surface area contributed by atoms with Gasteiger partial charge in [0.25, 0.3) is 0 Å². The molecule has 1 aromatic heterocycles. The molecule has 0 atom stereocenters. The molecule has 0 aromatic carbocycles. The third-order valence-corrected chi connectivity index (χ3v) is 1.38. The molecule has 0 spiro atoms. The predicted octanol–water partition coefficient (Wildman–Crippen LogP) is -2.48. The van der Waals surface area contributed by atoms with Crippen LogP contribution < -0.4 is 57.1 Å². The first-order chi connectivity index (χ1) is 4.79. The van der Waals surface area contributed by atoms with Crippen molar-refractivity contribution in [3.05, 3.63) is 17.3 Å². The van der Waals surface area contributed by atoms with E-state index in [0.717, 1.165) is 11.5 Å². The van der Waals surface area contributed by atoms with Gasteiger partial charge < -0.3 is 15.6 Å². The fourth-order valence-corrected chi connectivity index (χ4v) is 0.903. The Labute approximate surface area is 109 Å². The van der Waals surface area contributed by atoms with Gasteiger partial charge in [0.15, 0.2) is 0 Å². The Kier molecular flexibility index (Phi) is 5.58. The van der Waals surface area contributed by atoms with Gasteiger partial charge in [0.1, 0.15) is 0 Å². The van der Waals surface area contributed by atoms with Crippen LogP contribution in [-0.2, 0) is 13.6 Å². The Morgan fingerprint density at radius 2 is 2.36 bits per heavy atom. The maximum Gasteiger partial charge on any atom is 1.00 e. The molecule has 0 bridgehead atoms. The molecule has 5 heteroatoms. The molecule has 0 aliphatic rings. The summed E-state index contributed by atoms with van der Waals surface area (Å²) in [5, 5.41) is 4.02. The first-order valence-corrected chi connectivity index (χ1v) is 3.09. The van der Waals surface area contributed by atoms with E-state index in [2.05, 4.69) is 10.3 Å².